The standard InChI is InChI=1S/C14H20BrNO3/c1-17-10-6-5-9(12(18-2)11(10)15)13(16)14(19-3)7-4-8-14/h5-6,13H,4,7-8,16H2,1-3H3. The average Bonchev–Trinajstić information content (AvgIpc) is 2.37. The molecule has 0 bridgehead atoms. The van der Waals surface area contributed by atoms with Crippen LogP contribution in [0.3, 0.4) is 0 Å². The monoisotopic (exact) mass is 329 g/mol. The fraction of sp³-hybridized carbons (Fsp3) is 0.571. The first-order chi connectivity index (χ1) is 9.09. The summed E-state index contributed by atoms with van der Waals surface area (Å²) in [6.07, 6.45) is 3.12. The lowest BCUT2D eigenvalue weighted by molar-refractivity contribution is -0.0915. The summed E-state index contributed by atoms with van der Waals surface area (Å²) in [5.74, 6) is 1.45. The molecule has 1 unspecified atom stereocenters. The zero-order valence-corrected chi connectivity index (χ0v) is 13.1. The van der Waals surface area contributed by atoms with Gasteiger partial charge in [-0.2, -0.15) is 0 Å². The molecule has 1 aliphatic carbocycles. The van der Waals surface area contributed by atoms with Crippen molar-refractivity contribution in [2.75, 3.05) is 21.3 Å². The van der Waals surface area contributed by atoms with Crippen LogP contribution in [0.4, 0.5) is 0 Å². The summed E-state index contributed by atoms with van der Waals surface area (Å²) < 4.78 is 17.2. The Morgan fingerprint density at radius 2 is 1.89 bits per heavy atom. The van der Waals surface area contributed by atoms with Crippen molar-refractivity contribution in [3.8, 4) is 11.5 Å². The molecule has 1 atom stereocenters. The van der Waals surface area contributed by atoms with Crippen molar-refractivity contribution in [1.29, 1.82) is 0 Å². The van der Waals surface area contributed by atoms with E-state index >= 15 is 0 Å². The van der Waals surface area contributed by atoms with Crippen LogP contribution in [0.5, 0.6) is 11.5 Å². The minimum Gasteiger partial charge on any atom is -0.495 e. The van der Waals surface area contributed by atoms with Crippen LogP contribution in [-0.4, -0.2) is 26.9 Å². The Kier molecular flexibility index (Phi) is 4.38. The van der Waals surface area contributed by atoms with Gasteiger partial charge < -0.3 is 19.9 Å². The Balaban J connectivity index is 2.42. The van der Waals surface area contributed by atoms with Gasteiger partial charge >= 0.3 is 0 Å². The number of nitrogens with two attached hydrogens (primary N) is 1. The highest BCUT2D eigenvalue weighted by Crippen LogP contribution is 2.48. The molecule has 2 N–H and O–H groups in total. The molecular formula is C14H20BrNO3. The molecule has 1 aliphatic rings. The quantitative estimate of drug-likeness (QED) is 0.902. The molecular weight excluding hydrogens is 310 g/mol. The average molecular weight is 330 g/mol. The molecule has 0 heterocycles. The van der Waals surface area contributed by atoms with Crippen LogP contribution < -0.4 is 15.2 Å². The molecule has 106 valence electrons. The zero-order chi connectivity index (χ0) is 14.0. The van der Waals surface area contributed by atoms with E-state index in [9.17, 15) is 0 Å². The van der Waals surface area contributed by atoms with Crippen LogP contribution in [0.2, 0.25) is 0 Å². The van der Waals surface area contributed by atoms with E-state index in [1.54, 1.807) is 21.3 Å². The van der Waals surface area contributed by atoms with Gasteiger partial charge in [0.05, 0.1) is 25.9 Å². The predicted molar refractivity (Wildman–Crippen MR) is 77.8 cm³/mol. The van der Waals surface area contributed by atoms with Crippen molar-refractivity contribution >= 4 is 15.9 Å². The molecule has 0 aromatic heterocycles. The highest BCUT2D eigenvalue weighted by molar-refractivity contribution is 9.10. The van der Waals surface area contributed by atoms with E-state index < -0.39 is 0 Å². The van der Waals surface area contributed by atoms with Crippen molar-refractivity contribution in [1.82, 2.24) is 0 Å². The van der Waals surface area contributed by atoms with Crippen LogP contribution in [0.15, 0.2) is 16.6 Å². The normalized spacial score (nSPS) is 18.6. The molecule has 19 heavy (non-hydrogen) atoms. The molecule has 1 aromatic rings. The summed E-state index contributed by atoms with van der Waals surface area (Å²) in [6, 6.07) is 3.64. The largest absolute Gasteiger partial charge is 0.495 e. The molecule has 0 amide bonds. The number of hydrogen-bond acceptors (Lipinski definition) is 4. The van der Waals surface area contributed by atoms with E-state index in [-0.39, 0.29) is 11.6 Å². The van der Waals surface area contributed by atoms with Gasteiger partial charge in [0.1, 0.15) is 16.0 Å². The summed E-state index contributed by atoms with van der Waals surface area (Å²) in [4.78, 5) is 0. The summed E-state index contributed by atoms with van der Waals surface area (Å²) in [5, 5.41) is 0. The summed E-state index contributed by atoms with van der Waals surface area (Å²) in [6.45, 7) is 0. The number of ether oxygens (including phenoxy) is 3. The van der Waals surface area contributed by atoms with E-state index in [1.165, 1.54) is 0 Å². The fourth-order valence-electron chi connectivity index (χ4n) is 2.61. The fourth-order valence-corrected chi connectivity index (χ4v) is 3.30. The van der Waals surface area contributed by atoms with Gasteiger partial charge in [-0.25, -0.2) is 0 Å². The van der Waals surface area contributed by atoms with Crippen molar-refractivity contribution in [3.63, 3.8) is 0 Å². The van der Waals surface area contributed by atoms with E-state index in [2.05, 4.69) is 15.9 Å². The lowest BCUT2D eigenvalue weighted by atomic mass is 9.72. The summed E-state index contributed by atoms with van der Waals surface area (Å²) in [7, 11) is 4.99. The second-order valence-corrected chi connectivity index (χ2v) is 5.60. The third kappa shape index (κ3) is 2.35. The van der Waals surface area contributed by atoms with E-state index in [0.29, 0.717) is 0 Å². The SMILES string of the molecule is COc1ccc(C(N)C2(OC)CCC2)c(OC)c1Br. The highest BCUT2D eigenvalue weighted by Gasteiger charge is 2.44. The van der Waals surface area contributed by atoms with Crippen molar-refractivity contribution in [3.05, 3.63) is 22.2 Å². The van der Waals surface area contributed by atoms with Gasteiger partial charge in [-0.05, 0) is 47.3 Å². The summed E-state index contributed by atoms with van der Waals surface area (Å²) >= 11 is 3.50. The number of halogens is 1. The second-order valence-electron chi connectivity index (χ2n) is 4.80. The highest BCUT2D eigenvalue weighted by atomic mass is 79.9. The molecule has 5 heteroatoms. The van der Waals surface area contributed by atoms with E-state index in [1.807, 2.05) is 12.1 Å². The van der Waals surface area contributed by atoms with Gasteiger partial charge in [-0.3, -0.25) is 0 Å². The lowest BCUT2D eigenvalue weighted by Crippen LogP contribution is -2.48. The van der Waals surface area contributed by atoms with Gasteiger partial charge in [-0.1, -0.05) is 0 Å². The minimum absolute atomic E-state index is 0.205. The van der Waals surface area contributed by atoms with Gasteiger partial charge in [0.2, 0.25) is 0 Å². The molecule has 2 rings (SSSR count). The van der Waals surface area contributed by atoms with Crippen LogP contribution >= 0.6 is 15.9 Å². The van der Waals surface area contributed by atoms with Crippen molar-refractivity contribution in [2.45, 2.75) is 30.9 Å². The molecule has 1 aromatic carbocycles. The van der Waals surface area contributed by atoms with Crippen molar-refractivity contribution < 1.29 is 14.2 Å². The van der Waals surface area contributed by atoms with Crippen LogP contribution in [0.25, 0.3) is 0 Å². The molecule has 0 radical (unpaired) electrons. The smallest absolute Gasteiger partial charge is 0.141 e. The van der Waals surface area contributed by atoms with Gasteiger partial charge in [0.25, 0.3) is 0 Å². The Labute approximate surface area is 122 Å². The number of benzene rings is 1. The predicted octanol–water partition coefficient (Wildman–Crippen LogP) is 3.04. The van der Waals surface area contributed by atoms with Gasteiger partial charge in [0, 0.05) is 12.7 Å². The molecule has 1 fully saturated rings. The maximum Gasteiger partial charge on any atom is 0.141 e. The van der Waals surface area contributed by atoms with Crippen LogP contribution in [0, 0.1) is 0 Å². The molecule has 0 aliphatic heterocycles. The maximum absolute atomic E-state index is 6.42. The Bertz CT molecular complexity index is 455. The Morgan fingerprint density at radius 1 is 1.21 bits per heavy atom. The topological polar surface area (TPSA) is 53.7 Å². The van der Waals surface area contributed by atoms with Crippen LogP contribution in [0.1, 0.15) is 30.9 Å². The van der Waals surface area contributed by atoms with E-state index in [0.717, 1.165) is 40.8 Å². The minimum atomic E-state index is -0.263. The summed E-state index contributed by atoms with van der Waals surface area (Å²) in [5.41, 5.74) is 7.09. The number of rotatable bonds is 5. The molecule has 1 saturated carbocycles. The number of hydrogen-bond donors (Lipinski definition) is 1. The van der Waals surface area contributed by atoms with Crippen LogP contribution in [-0.2, 0) is 4.74 Å². The Morgan fingerprint density at radius 3 is 2.32 bits per heavy atom. The van der Waals surface area contributed by atoms with Gasteiger partial charge in [-0.15, -0.1) is 0 Å². The van der Waals surface area contributed by atoms with E-state index in [4.69, 9.17) is 19.9 Å². The second kappa shape index (κ2) is 5.69. The van der Waals surface area contributed by atoms with Crippen molar-refractivity contribution in [2.24, 2.45) is 5.73 Å². The third-order valence-electron chi connectivity index (χ3n) is 4.02. The molecule has 0 saturated heterocycles. The van der Waals surface area contributed by atoms with Gasteiger partial charge in [0.15, 0.2) is 0 Å². The first-order valence-corrected chi connectivity index (χ1v) is 7.10. The number of methoxy groups -OCH3 is 3. The third-order valence-corrected chi connectivity index (χ3v) is 4.78. The first-order valence-electron chi connectivity index (χ1n) is 6.30. The first kappa shape index (κ1) is 14.6. The molecule has 4 nitrogen and oxygen atoms in total. The Hall–Kier alpha value is -0.780. The lowest BCUT2D eigenvalue weighted by Gasteiger charge is -2.45. The zero-order valence-electron chi connectivity index (χ0n) is 11.5. The molecule has 0 spiro atoms. The maximum atomic E-state index is 6.42.